The number of Topliss-reactive ketones (excluding diaryl/α,β-unsaturated/α-hetero) is 1. The minimum atomic E-state index is -0.125. The molecule has 0 atom stereocenters. The Morgan fingerprint density at radius 3 is 2.67 bits per heavy atom. The van der Waals surface area contributed by atoms with Crippen LogP contribution in [0.1, 0.15) is 10.4 Å². The van der Waals surface area contributed by atoms with Gasteiger partial charge in [0.1, 0.15) is 0 Å². The number of carbonyl (C=O) groups excluding carboxylic acids is 1. The first-order valence-electron chi connectivity index (χ1n) is 4.33. The molecule has 3 N–H and O–H groups in total. The summed E-state index contributed by atoms with van der Waals surface area (Å²) in [5, 5.41) is 1.63. The van der Waals surface area contributed by atoms with Gasteiger partial charge in [0, 0.05) is 22.7 Å². The van der Waals surface area contributed by atoms with Crippen molar-refractivity contribution in [3.8, 4) is 0 Å². The second-order valence-corrected chi connectivity index (χ2v) is 3.96. The maximum Gasteiger partial charge on any atom is 0.178 e. The number of H-pyrrole nitrogens is 1. The Bertz CT molecular complexity index is 533. The van der Waals surface area contributed by atoms with Gasteiger partial charge in [-0.05, 0) is 12.1 Å². The van der Waals surface area contributed by atoms with Gasteiger partial charge in [0.05, 0.1) is 16.6 Å². The Morgan fingerprint density at radius 2 is 2.00 bits per heavy atom. The standard InChI is InChI=1S/C10H8Cl2N2O/c11-7-1-5-6(10(15)3-13)4-14-9(5)2-8(7)12/h1-2,4,14H,3,13H2. The van der Waals surface area contributed by atoms with Gasteiger partial charge in [0.25, 0.3) is 0 Å². The van der Waals surface area contributed by atoms with Crippen molar-refractivity contribution in [3.05, 3.63) is 33.9 Å². The summed E-state index contributed by atoms with van der Waals surface area (Å²) in [7, 11) is 0. The van der Waals surface area contributed by atoms with E-state index in [0.717, 1.165) is 10.9 Å². The largest absolute Gasteiger partial charge is 0.360 e. The highest BCUT2D eigenvalue weighted by Crippen LogP contribution is 2.29. The first kappa shape index (κ1) is 10.5. The number of benzene rings is 1. The van der Waals surface area contributed by atoms with Crippen molar-refractivity contribution >= 4 is 39.9 Å². The van der Waals surface area contributed by atoms with Crippen molar-refractivity contribution in [2.24, 2.45) is 5.73 Å². The summed E-state index contributed by atoms with van der Waals surface area (Å²) < 4.78 is 0. The van der Waals surface area contributed by atoms with Crippen LogP contribution in [0.25, 0.3) is 10.9 Å². The summed E-state index contributed by atoms with van der Waals surface area (Å²) >= 11 is 11.7. The van der Waals surface area contributed by atoms with E-state index in [9.17, 15) is 4.79 Å². The Balaban J connectivity index is 2.69. The summed E-state index contributed by atoms with van der Waals surface area (Å²) in [4.78, 5) is 14.4. The molecule has 3 nitrogen and oxygen atoms in total. The van der Waals surface area contributed by atoms with Crippen LogP contribution in [0.3, 0.4) is 0 Å². The van der Waals surface area contributed by atoms with Crippen LogP contribution in [0.15, 0.2) is 18.3 Å². The van der Waals surface area contributed by atoms with E-state index >= 15 is 0 Å². The number of halogens is 2. The summed E-state index contributed by atoms with van der Waals surface area (Å²) in [6, 6.07) is 3.35. The van der Waals surface area contributed by atoms with Crippen LogP contribution in [-0.4, -0.2) is 17.3 Å². The lowest BCUT2D eigenvalue weighted by Gasteiger charge is -1.98. The normalized spacial score (nSPS) is 10.9. The third kappa shape index (κ3) is 1.74. The molecule has 0 saturated heterocycles. The third-order valence-electron chi connectivity index (χ3n) is 2.21. The zero-order valence-corrected chi connectivity index (χ0v) is 9.19. The lowest BCUT2D eigenvalue weighted by atomic mass is 10.1. The average molecular weight is 243 g/mol. The smallest absolute Gasteiger partial charge is 0.178 e. The molecule has 5 heteroatoms. The van der Waals surface area contributed by atoms with Crippen LogP contribution in [0.2, 0.25) is 10.0 Å². The Labute approximate surface area is 96.2 Å². The van der Waals surface area contributed by atoms with Crippen molar-refractivity contribution < 1.29 is 4.79 Å². The first-order valence-corrected chi connectivity index (χ1v) is 5.08. The highest BCUT2D eigenvalue weighted by atomic mass is 35.5. The molecule has 1 aromatic carbocycles. The highest BCUT2D eigenvalue weighted by Gasteiger charge is 2.12. The van der Waals surface area contributed by atoms with Crippen molar-refractivity contribution in [1.29, 1.82) is 0 Å². The topological polar surface area (TPSA) is 58.9 Å². The number of carbonyl (C=O) groups is 1. The highest BCUT2D eigenvalue weighted by molar-refractivity contribution is 6.43. The zero-order chi connectivity index (χ0) is 11.0. The number of nitrogens with one attached hydrogen (secondary N) is 1. The third-order valence-corrected chi connectivity index (χ3v) is 2.93. The van der Waals surface area contributed by atoms with Gasteiger partial charge in [0.15, 0.2) is 5.78 Å². The van der Waals surface area contributed by atoms with Gasteiger partial charge in [-0.15, -0.1) is 0 Å². The van der Waals surface area contributed by atoms with Gasteiger partial charge >= 0.3 is 0 Å². The van der Waals surface area contributed by atoms with Crippen molar-refractivity contribution in [1.82, 2.24) is 4.98 Å². The predicted molar refractivity (Wildman–Crippen MR) is 61.7 cm³/mol. The molecule has 1 aromatic heterocycles. The van der Waals surface area contributed by atoms with Crippen LogP contribution in [0.4, 0.5) is 0 Å². The molecule has 0 aliphatic carbocycles. The molecule has 0 unspecified atom stereocenters. The molecule has 0 aliphatic heterocycles. The number of rotatable bonds is 2. The van der Waals surface area contributed by atoms with E-state index in [1.54, 1.807) is 18.3 Å². The van der Waals surface area contributed by atoms with Gasteiger partial charge in [-0.1, -0.05) is 23.2 Å². The SMILES string of the molecule is NCC(=O)c1c[nH]c2cc(Cl)c(Cl)cc12. The van der Waals surface area contributed by atoms with Crippen LogP contribution in [0.5, 0.6) is 0 Å². The molecule has 1 heterocycles. The number of ketones is 1. The second kappa shape index (κ2) is 3.85. The Hall–Kier alpha value is -1.03. The first-order chi connectivity index (χ1) is 7.13. The molecule has 0 aliphatic rings. The number of hydrogen-bond acceptors (Lipinski definition) is 2. The molecule has 0 saturated carbocycles. The van der Waals surface area contributed by atoms with Gasteiger partial charge in [0.2, 0.25) is 0 Å². The van der Waals surface area contributed by atoms with Crippen LogP contribution >= 0.6 is 23.2 Å². The van der Waals surface area contributed by atoms with E-state index in [0.29, 0.717) is 15.6 Å². The van der Waals surface area contributed by atoms with E-state index in [-0.39, 0.29) is 12.3 Å². The van der Waals surface area contributed by atoms with Crippen LogP contribution < -0.4 is 5.73 Å². The molecule has 2 aromatic rings. The maximum atomic E-state index is 11.5. The quantitative estimate of drug-likeness (QED) is 0.796. The fraction of sp³-hybridized carbons (Fsp3) is 0.100. The lowest BCUT2D eigenvalue weighted by molar-refractivity contribution is 0.100. The molecular weight excluding hydrogens is 235 g/mol. The summed E-state index contributed by atoms with van der Waals surface area (Å²) in [5.41, 5.74) is 6.63. The van der Waals surface area contributed by atoms with Gasteiger partial charge in [-0.3, -0.25) is 4.79 Å². The summed E-state index contributed by atoms with van der Waals surface area (Å²) in [6.45, 7) is -0.0206. The predicted octanol–water partition coefficient (Wildman–Crippen LogP) is 2.62. The van der Waals surface area contributed by atoms with Crippen molar-refractivity contribution in [2.75, 3.05) is 6.54 Å². The van der Waals surface area contributed by atoms with E-state index < -0.39 is 0 Å². The molecule has 2 rings (SSSR count). The molecule has 0 spiro atoms. The van der Waals surface area contributed by atoms with E-state index in [2.05, 4.69) is 4.98 Å². The number of nitrogens with two attached hydrogens (primary N) is 1. The molecule has 78 valence electrons. The maximum absolute atomic E-state index is 11.5. The molecule has 0 fully saturated rings. The molecule has 0 radical (unpaired) electrons. The number of hydrogen-bond donors (Lipinski definition) is 2. The fourth-order valence-electron chi connectivity index (χ4n) is 1.46. The lowest BCUT2D eigenvalue weighted by Crippen LogP contribution is -2.12. The number of fused-ring (bicyclic) bond motifs is 1. The number of aromatic nitrogens is 1. The Kier molecular flexibility index (Phi) is 2.69. The average Bonchev–Trinajstić information content (AvgIpc) is 2.61. The minimum absolute atomic E-state index is 0.0206. The zero-order valence-electron chi connectivity index (χ0n) is 7.68. The van der Waals surface area contributed by atoms with Crippen molar-refractivity contribution in [2.45, 2.75) is 0 Å². The van der Waals surface area contributed by atoms with Crippen LogP contribution in [-0.2, 0) is 0 Å². The molecule has 0 bridgehead atoms. The second-order valence-electron chi connectivity index (χ2n) is 3.14. The summed E-state index contributed by atoms with van der Waals surface area (Å²) in [5.74, 6) is -0.125. The van der Waals surface area contributed by atoms with Crippen LogP contribution in [0, 0.1) is 0 Å². The summed E-state index contributed by atoms with van der Waals surface area (Å²) in [6.07, 6.45) is 1.62. The van der Waals surface area contributed by atoms with E-state index in [4.69, 9.17) is 28.9 Å². The van der Waals surface area contributed by atoms with Gasteiger partial charge < -0.3 is 10.7 Å². The van der Waals surface area contributed by atoms with Gasteiger partial charge in [-0.2, -0.15) is 0 Å². The fourth-order valence-corrected chi connectivity index (χ4v) is 1.78. The van der Waals surface area contributed by atoms with E-state index in [1.165, 1.54) is 0 Å². The Morgan fingerprint density at radius 1 is 1.33 bits per heavy atom. The van der Waals surface area contributed by atoms with Gasteiger partial charge in [-0.25, -0.2) is 0 Å². The van der Waals surface area contributed by atoms with Crippen molar-refractivity contribution in [3.63, 3.8) is 0 Å². The molecular formula is C10H8Cl2N2O. The minimum Gasteiger partial charge on any atom is -0.360 e. The molecule has 15 heavy (non-hydrogen) atoms. The van der Waals surface area contributed by atoms with E-state index in [1.807, 2.05) is 0 Å². The number of aromatic amines is 1. The molecule has 0 amide bonds. The monoisotopic (exact) mass is 242 g/mol.